The van der Waals surface area contributed by atoms with Crippen LogP contribution in [0.2, 0.25) is 5.02 Å². The molecule has 0 radical (unpaired) electrons. The van der Waals surface area contributed by atoms with E-state index in [1.54, 1.807) is 0 Å². The maximum Gasteiger partial charge on any atom is 0.254 e. The summed E-state index contributed by atoms with van der Waals surface area (Å²) in [7, 11) is 0. The van der Waals surface area contributed by atoms with E-state index in [4.69, 9.17) is 17.3 Å². The Balaban J connectivity index is 1.74. The lowest BCUT2D eigenvalue weighted by Crippen LogP contribution is -2.30. The first-order valence-corrected chi connectivity index (χ1v) is 8.54. The SMILES string of the molecule is Nc1nn(C(=O)[C@@H]2CCNc3ccc(Cl)cc32)c2c1C[C@H](O)CC2. The quantitative estimate of drug-likeness (QED) is 0.736. The second kappa shape index (κ2) is 5.79. The van der Waals surface area contributed by atoms with Crippen LogP contribution in [0, 0.1) is 0 Å². The Morgan fingerprint density at radius 2 is 2.25 bits per heavy atom. The molecular formula is C17H19ClN4O2. The number of aromatic nitrogens is 2. The van der Waals surface area contributed by atoms with Crippen LogP contribution in [-0.2, 0) is 12.8 Å². The average molecular weight is 347 g/mol. The number of anilines is 2. The van der Waals surface area contributed by atoms with Crippen LogP contribution in [0.15, 0.2) is 18.2 Å². The van der Waals surface area contributed by atoms with E-state index in [0.29, 0.717) is 36.5 Å². The Hall–Kier alpha value is -2.05. The molecule has 0 fully saturated rings. The van der Waals surface area contributed by atoms with Gasteiger partial charge >= 0.3 is 0 Å². The van der Waals surface area contributed by atoms with E-state index in [1.807, 2.05) is 18.2 Å². The lowest BCUT2D eigenvalue weighted by molar-refractivity contribution is 0.0848. The van der Waals surface area contributed by atoms with Crippen molar-refractivity contribution in [1.29, 1.82) is 0 Å². The molecule has 6 nitrogen and oxygen atoms in total. The summed E-state index contributed by atoms with van der Waals surface area (Å²) in [5, 5.41) is 18.0. The molecule has 126 valence electrons. The van der Waals surface area contributed by atoms with Gasteiger partial charge in [0.25, 0.3) is 5.91 Å². The van der Waals surface area contributed by atoms with E-state index in [2.05, 4.69) is 10.4 Å². The summed E-state index contributed by atoms with van der Waals surface area (Å²) in [5.74, 6) is -0.0306. The molecule has 0 unspecified atom stereocenters. The fraction of sp³-hybridized carbons (Fsp3) is 0.412. The number of halogens is 1. The number of rotatable bonds is 1. The third kappa shape index (κ3) is 2.46. The van der Waals surface area contributed by atoms with Gasteiger partial charge in [0.1, 0.15) is 5.82 Å². The Morgan fingerprint density at radius 1 is 1.42 bits per heavy atom. The summed E-state index contributed by atoms with van der Waals surface area (Å²) in [6.45, 7) is 0.725. The zero-order valence-electron chi connectivity index (χ0n) is 13.1. The van der Waals surface area contributed by atoms with Crippen LogP contribution in [0.1, 0.15) is 40.4 Å². The van der Waals surface area contributed by atoms with E-state index in [-0.39, 0.29) is 11.8 Å². The molecule has 2 aliphatic rings. The highest BCUT2D eigenvalue weighted by Gasteiger charge is 2.32. The number of hydrogen-bond acceptors (Lipinski definition) is 5. The number of benzene rings is 1. The van der Waals surface area contributed by atoms with Gasteiger partial charge in [0, 0.05) is 29.2 Å². The maximum atomic E-state index is 13.2. The predicted octanol–water partition coefficient (Wildman–Crippen LogP) is 2.21. The van der Waals surface area contributed by atoms with Crippen molar-refractivity contribution in [3.05, 3.63) is 40.0 Å². The van der Waals surface area contributed by atoms with Crippen LogP contribution in [0.3, 0.4) is 0 Å². The minimum Gasteiger partial charge on any atom is -0.393 e. The Morgan fingerprint density at radius 3 is 3.08 bits per heavy atom. The standard InChI is InChI=1S/C17H19ClN4O2/c18-9-1-3-14-12(7-9)11(5-6-20-14)17(24)22-15-4-2-10(23)8-13(15)16(19)21-22/h1,3,7,10-11,20,23H,2,4-6,8H2,(H2,19,21)/t10-,11-/m1/s1. The Bertz CT molecular complexity index is 817. The molecule has 24 heavy (non-hydrogen) atoms. The maximum absolute atomic E-state index is 13.2. The summed E-state index contributed by atoms with van der Waals surface area (Å²) in [6, 6.07) is 5.56. The van der Waals surface area contributed by atoms with E-state index in [9.17, 15) is 9.90 Å². The molecule has 1 aliphatic heterocycles. The van der Waals surface area contributed by atoms with Crippen LogP contribution in [0.5, 0.6) is 0 Å². The van der Waals surface area contributed by atoms with Gasteiger partial charge in [-0.25, -0.2) is 4.68 Å². The van der Waals surface area contributed by atoms with Gasteiger partial charge in [-0.15, -0.1) is 5.10 Å². The number of aliphatic hydroxyl groups excluding tert-OH is 1. The molecule has 0 spiro atoms. The first-order valence-electron chi connectivity index (χ1n) is 8.16. The summed E-state index contributed by atoms with van der Waals surface area (Å²) < 4.78 is 1.46. The highest BCUT2D eigenvalue weighted by atomic mass is 35.5. The highest BCUT2D eigenvalue weighted by Crippen LogP contribution is 2.36. The van der Waals surface area contributed by atoms with Crippen molar-refractivity contribution >= 4 is 29.0 Å². The first kappa shape index (κ1) is 15.5. The average Bonchev–Trinajstić information content (AvgIpc) is 2.90. The Labute approximate surface area is 144 Å². The monoisotopic (exact) mass is 346 g/mol. The number of hydrogen-bond donors (Lipinski definition) is 3. The zero-order chi connectivity index (χ0) is 16.8. The van der Waals surface area contributed by atoms with Crippen molar-refractivity contribution in [3.63, 3.8) is 0 Å². The van der Waals surface area contributed by atoms with E-state index < -0.39 is 6.10 Å². The van der Waals surface area contributed by atoms with E-state index >= 15 is 0 Å². The van der Waals surface area contributed by atoms with Gasteiger partial charge < -0.3 is 16.2 Å². The molecule has 1 aliphatic carbocycles. The van der Waals surface area contributed by atoms with Crippen molar-refractivity contribution < 1.29 is 9.90 Å². The molecule has 1 aromatic carbocycles. The van der Waals surface area contributed by atoms with Crippen LogP contribution >= 0.6 is 11.6 Å². The molecule has 4 N–H and O–H groups in total. The molecule has 1 aromatic heterocycles. The summed E-state index contributed by atoms with van der Waals surface area (Å²) in [5.41, 5.74) is 9.47. The van der Waals surface area contributed by atoms with Gasteiger partial charge in [0.2, 0.25) is 0 Å². The molecule has 0 amide bonds. The first-order chi connectivity index (χ1) is 11.5. The van der Waals surface area contributed by atoms with Crippen molar-refractivity contribution in [2.24, 2.45) is 0 Å². The number of fused-ring (bicyclic) bond motifs is 2. The molecule has 2 aromatic rings. The summed E-state index contributed by atoms with van der Waals surface area (Å²) >= 11 is 6.12. The van der Waals surface area contributed by atoms with Gasteiger partial charge in [-0.3, -0.25) is 4.79 Å². The second-order valence-corrected chi connectivity index (χ2v) is 6.89. The molecule has 4 rings (SSSR count). The van der Waals surface area contributed by atoms with Gasteiger partial charge in [0.15, 0.2) is 0 Å². The number of nitrogens with two attached hydrogens (primary N) is 1. The molecule has 7 heteroatoms. The molecule has 0 bridgehead atoms. The topological polar surface area (TPSA) is 93.2 Å². The number of nitrogen functional groups attached to an aromatic ring is 1. The minimum atomic E-state index is -0.411. The molecular weight excluding hydrogens is 328 g/mol. The van der Waals surface area contributed by atoms with Crippen molar-refractivity contribution in [2.75, 3.05) is 17.6 Å². The van der Waals surface area contributed by atoms with Crippen molar-refractivity contribution in [3.8, 4) is 0 Å². The van der Waals surface area contributed by atoms with Crippen LogP contribution in [0.25, 0.3) is 0 Å². The van der Waals surface area contributed by atoms with E-state index in [0.717, 1.165) is 29.1 Å². The van der Waals surface area contributed by atoms with E-state index in [1.165, 1.54) is 4.68 Å². The van der Waals surface area contributed by atoms with Crippen molar-refractivity contribution in [2.45, 2.75) is 37.7 Å². The Kier molecular flexibility index (Phi) is 3.73. The third-order valence-corrected chi connectivity index (χ3v) is 5.15. The lowest BCUT2D eigenvalue weighted by atomic mass is 9.89. The summed E-state index contributed by atoms with van der Waals surface area (Å²) in [6.07, 6.45) is 1.97. The van der Waals surface area contributed by atoms with Crippen LogP contribution in [0.4, 0.5) is 11.5 Å². The second-order valence-electron chi connectivity index (χ2n) is 6.46. The largest absolute Gasteiger partial charge is 0.393 e. The molecule has 0 saturated carbocycles. The fourth-order valence-electron chi connectivity index (χ4n) is 3.70. The molecule has 2 heterocycles. The van der Waals surface area contributed by atoms with Gasteiger partial charge in [0.05, 0.1) is 17.7 Å². The van der Waals surface area contributed by atoms with Crippen molar-refractivity contribution in [1.82, 2.24) is 9.78 Å². The highest BCUT2D eigenvalue weighted by molar-refractivity contribution is 6.30. The molecule has 2 atom stereocenters. The number of aliphatic hydroxyl groups is 1. The minimum absolute atomic E-state index is 0.0793. The smallest absolute Gasteiger partial charge is 0.254 e. The van der Waals surface area contributed by atoms with Crippen LogP contribution < -0.4 is 11.1 Å². The van der Waals surface area contributed by atoms with Gasteiger partial charge in [-0.2, -0.15) is 0 Å². The number of carbonyl (C=O) groups is 1. The zero-order valence-corrected chi connectivity index (χ0v) is 13.9. The third-order valence-electron chi connectivity index (χ3n) is 4.92. The van der Waals surface area contributed by atoms with Crippen LogP contribution in [-0.4, -0.2) is 33.4 Å². The lowest BCUT2D eigenvalue weighted by Gasteiger charge is -2.26. The number of nitrogens with one attached hydrogen (secondary N) is 1. The normalized spacial score (nSPS) is 22.4. The number of carbonyl (C=O) groups excluding carboxylic acids is 1. The summed E-state index contributed by atoms with van der Waals surface area (Å²) in [4.78, 5) is 13.2. The molecule has 0 saturated heterocycles. The van der Waals surface area contributed by atoms with Gasteiger partial charge in [-0.05, 0) is 43.0 Å². The van der Waals surface area contributed by atoms with Gasteiger partial charge in [-0.1, -0.05) is 11.6 Å². The predicted molar refractivity (Wildman–Crippen MR) is 92.6 cm³/mol. The number of nitrogens with zero attached hydrogens (tertiary/aromatic N) is 2. The fourth-order valence-corrected chi connectivity index (χ4v) is 3.88.